The Morgan fingerprint density at radius 2 is 1.30 bits per heavy atom. The van der Waals surface area contributed by atoms with Crippen LogP contribution in [0.1, 0.15) is 51.9 Å². The molecule has 0 aromatic rings. The Kier molecular flexibility index (Phi) is 13.8. The van der Waals surface area contributed by atoms with Crippen LogP contribution in [0.2, 0.25) is 0 Å². The maximum Gasteiger partial charge on any atom is 0.0546 e. The highest BCUT2D eigenvalue weighted by Crippen LogP contribution is 1.98. The lowest BCUT2D eigenvalue weighted by molar-refractivity contribution is 0.162. The number of aliphatic hydroxyl groups is 2. The van der Waals surface area contributed by atoms with Gasteiger partial charge in [-0.3, -0.25) is 0 Å². The summed E-state index contributed by atoms with van der Waals surface area (Å²) in [5, 5.41) is 17.8. The molecule has 0 bridgehead atoms. The van der Waals surface area contributed by atoms with E-state index in [1.165, 1.54) is 0 Å². The van der Waals surface area contributed by atoms with Gasteiger partial charge in [-0.05, 0) is 42.9 Å². The van der Waals surface area contributed by atoms with Crippen LogP contribution < -0.4 is 0 Å². The number of aliphatic hydroxyl groups excluding tert-OH is 2. The lowest BCUT2D eigenvalue weighted by Gasteiger charge is -2.01. The Morgan fingerprint density at radius 3 is 1.80 bits per heavy atom. The molecule has 0 amide bonds. The summed E-state index contributed by atoms with van der Waals surface area (Å²) in [5.74, 6) is 22.7. The first-order valence-corrected chi connectivity index (χ1v) is 7.01. The average molecular weight is 270 g/mol. The number of hydrogen-bond acceptors (Lipinski definition) is 2. The predicted octanol–water partition coefficient (Wildman–Crippen LogP) is 2.10. The molecule has 2 heteroatoms. The Labute approximate surface area is 123 Å². The first-order valence-electron chi connectivity index (χ1n) is 7.01. The van der Waals surface area contributed by atoms with E-state index in [4.69, 9.17) is 5.11 Å². The molecule has 0 aromatic carbocycles. The monoisotopic (exact) mass is 270 g/mol. The highest BCUT2D eigenvalue weighted by Gasteiger charge is 1.96. The minimum absolute atomic E-state index is 0.177. The summed E-state index contributed by atoms with van der Waals surface area (Å²) in [6.45, 7) is 2.13. The van der Waals surface area contributed by atoms with Crippen molar-refractivity contribution in [2.45, 2.75) is 58.0 Å². The zero-order valence-corrected chi connectivity index (χ0v) is 12.1. The lowest BCUT2D eigenvalue weighted by Crippen LogP contribution is -2.02. The van der Waals surface area contributed by atoms with Crippen molar-refractivity contribution in [1.29, 1.82) is 0 Å². The van der Waals surface area contributed by atoms with Gasteiger partial charge in [0.25, 0.3) is 0 Å². The third-order valence-corrected chi connectivity index (χ3v) is 2.39. The highest BCUT2D eigenvalue weighted by atomic mass is 16.3. The zero-order valence-electron chi connectivity index (χ0n) is 12.1. The molecule has 0 saturated heterocycles. The first-order chi connectivity index (χ1) is 9.81. The molecule has 1 unspecified atom stereocenters. The van der Waals surface area contributed by atoms with Gasteiger partial charge in [-0.1, -0.05) is 30.6 Å². The smallest absolute Gasteiger partial charge is 0.0546 e. The summed E-state index contributed by atoms with van der Waals surface area (Å²) in [5.41, 5.74) is 0. The van der Waals surface area contributed by atoms with Crippen LogP contribution in [0.3, 0.4) is 0 Å². The summed E-state index contributed by atoms with van der Waals surface area (Å²) in [7, 11) is 0. The third kappa shape index (κ3) is 14.2. The summed E-state index contributed by atoms with van der Waals surface area (Å²) in [6.07, 6.45) is 4.70. The summed E-state index contributed by atoms with van der Waals surface area (Å²) in [6, 6.07) is 0. The van der Waals surface area contributed by atoms with E-state index in [2.05, 4.69) is 47.4 Å². The molecule has 0 fully saturated rings. The summed E-state index contributed by atoms with van der Waals surface area (Å²) in [4.78, 5) is 0. The van der Waals surface area contributed by atoms with Crippen LogP contribution in [-0.4, -0.2) is 22.9 Å². The average Bonchev–Trinajstić information content (AvgIpc) is 2.47. The van der Waals surface area contributed by atoms with Crippen molar-refractivity contribution in [2.75, 3.05) is 6.61 Å². The van der Waals surface area contributed by atoms with Gasteiger partial charge in [0.2, 0.25) is 0 Å². The Balaban J connectivity index is 3.65. The van der Waals surface area contributed by atoms with Crippen LogP contribution in [0.15, 0.2) is 0 Å². The molecule has 106 valence electrons. The third-order valence-electron chi connectivity index (χ3n) is 2.39. The van der Waals surface area contributed by atoms with Crippen molar-refractivity contribution >= 4 is 0 Å². The molecule has 0 aliphatic heterocycles. The minimum Gasteiger partial charge on any atom is -0.396 e. The van der Waals surface area contributed by atoms with Gasteiger partial charge in [-0.2, -0.15) is 0 Å². The van der Waals surface area contributed by atoms with Crippen molar-refractivity contribution < 1.29 is 10.2 Å². The topological polar surface area (TPSA) is 40.5 Å². The van der Waals surface area contributed by atoms with Crippen LogP contribution in [0.25, 0.3) is 0 Å². The van der Waals surface area contributed by atoms with Crippen molar-refractivity contribution in [1.82, 2.24) is 0 Å². The van der Waals surface area contributed by atoms with Gasteiger partial charge in [0, 0.05) is 32.3 Å². The lowest BCUT2D eigenvalue weighted by atomic mass is 10.1. The van der Waals surface area contributed by atoms with Crippen LogP contribution in [-0.2, 0) is 0 Å². The molecule has 0 rings (SSSR count). The predicted molar refractivity (Wildman–Crippen MR) is 82.2 cm³/mol. The van der Waals surface area contributed by atoms with E-state index in [0.29, 0.717) is 38.5 Å². The maximum absolute atomic E-state index is 9.31. The first kappa shape index (κ1) is 18.2. The van der Waals surface area contributed by atoms with E-state index in [1.807, 2.05) is 6.92 Å². The second-order valence-corrected chi connectivity index (χ2v) is 4.14. The summed E-state index contributed by atoms with van der Waals surface area (Å²) < 4.78 is 0. The van der Waals surface area contributed by atoms with Crippen LogP contribution in [0.4, 0.5) is 0 Å². The van der Waals surface area contributed by atoms with E-state index in [9.17, 15) is 5.11 Å². The molecule has 0 aliphatic rings. The maximum atomic E-state index is 9.31. The fourth-order valence-electron chi connectivity index (χ4n) is 1.16. The number of hydrogen-bond donors (Lipinski definition) is 2. The second kappa shape index (κ2) is 15.2. The van der Waals surface area contributed by atoms with E-state index in [1.54, 1.807) is 0 Å². The molecule has 2 N–H and O–H groups in total. The van der Waals surface area contributed by atoms with E-state index in [0.717, 1.165) is 6.42 Å². The van der Waals surface area contributed by atoms with Crippen LogP contribution in [0.5, 0.6) is 0 Å². The van der Waals surface area contributed by atoms with Gasteiger partial charge in [0.15, 0.2) is 0 Å². The minimum atomic E-state index is -0.244. The molecule has 0 radical (unpaired) electrons. The van der Waals surface area contributed by atoms with Gasteiger partial charge in [0.05, 0.1) is 6.10 Å². The van der Waals surface area contributed by atoms with E-state index < -0.39 is 0 Å². The SMILES string of the molecule is CCC(O)CCC#CC#CCCC#CC#CCCCO. The largest absolute Gasteiger partial charge is 0.396 e. The van der Waals surface area contributed by atoms with Crippen LogP contribution in [0, 0.1) is 47.4 Å². The quantitative estimate of drug-likeness (QED) is 0.573. The van der Waals surface area contributed by atoms with Gasteiger partial charge in [-0.15, -0.1) is 0 Å². The van der Waals surface area contributed by atoms with Crippen molar-refractivity contribution in [3.8, 4) is 47.4 Å². The van der Waals surface area contributed by atoms with E-state index >= 15 is 0 Å². The van der Waals surface area contributed by atoms with Crippen LogP contribution >= 0.6 is 0 Å². The van der Waals surface area contributed by atoms with Gasteiger partial charge < -0.3 is 10.2 Å². The molecule has 0 saturated carbocycles. The van der Waals surface area contributed by atoms with Gasteiger partial charge in [-0.25, -0.2) is 0 Å². The Bertz CT molecular complexity index is 474. The Hall–Kier alpha value is -1.84. The zero-order chi connectivity index (χ0) is 14.9. The molecule has 1 atom stereocenters. The summed E-state index contributed by atoms with van der Waals surface area (Å²) >= 11 is 0. The van der Waals surface area contributed by atoms with Gasteiger partial charge in [0.1, 0.15) is 0 Å². The second-order valence-electron chi connectivity index (χ2n) is 4.14. The molecule has 0 aliphatic carbocycles. The molecule has 0 aromatic heterocycles. The molecular formula is C18H22O2. The number of unbranched alkanes of at least 4 members (excludes halogenated alkanes) is 2. The highest BCUT2D eigenvalue weighted by molar-refractivity contribution is 5.28. The number of rotatable bonds is 6. The molecule has 0 spiro atoms. The van der Waals surface area contributed by atoms with Crippen molar-refractivity contribution in [3.05, 3.63) is 0 Å². The van der Waals surface area contributed by atoms with E-state index in [-0.39, 0.29) is 12.7 Å². The molecule has 2 nitrogen and oxygen atoms in total. The van der Waals surface area contributed by atoms with Crippen molar-refractivity contribution in [2.24, 2.45) is 0 Å². The van der Waals surface area contributed by atoms with Crippen molar-refractivity contribution in [3.63, 3.8) is 0 Å². The normalized spacial score (nSPS) is 9.55. The van der Waals surface area contributed by atoms with Gasteiger partial charge >= 0.3 is 0 Å². The molecular weight excluding hydrogens is 248 g/mol. The molecule has 0 heterocycles. The fourth-order valence-corrected chi connectivity index (χ4v) is 1.16. The standard InChI is InChI=1S/C18H22O2/c1-2-18(20)16-14-12-10-8-6-4-3-5-7-9-11-13-15-17-19/h18-20H,2-4,13-17H2,1H3. The Morgan fingerprint density at radius 1 is 0.800 bits per heavy atom. The fraction of sp³-hybridized carbons (Fsp3) is 0.556. The molecule has 20 heavy (non-hydrogen) atoms.